The molecule has 8 heteroatoms. The summed E-state index contributed by atoms with van der Waals surface area (Å²) < 4.78 is 0. The molecule has 0 atom stereocenters. The average Bonchev–Trinajstić information content (AvgIpc) is 0.686. The lowest BCUT2D eigenvalue weighted by Crippen LogP contribution is -2.64. The smallest absolute Gasteiger partial charge is 0.252 e. The molecule has 4 aliphatic heterocycles. The molecule has 0 aromatic heterocycles. The Morgan fingerprint density at radius 1 is 0.224 bits per heavy atom. The van der Waals surface area contributed by atoms with Gasteiger partial charge in [-0.2, -0.15) is 0 Å². The van der Waals surface area contributed by atoms with Crippen molar-refractivity contribution >= 4 is 143 Å². The van der Waals surface area contributed by atoms with Crippen LogP contribution in [0.2, 0.25) is 0 Å². The Hall–Kier alpha value is -12.2. The first-order chi connectivity index (χ1) is 48.7. The quantitative estimate of drug-likeness (QED) is 0.113. The van der Waals surface area contributed by atoms with Gasteiger partial charge in [0.1, 0.15) is 0 Å². The third-order valence-electron chi connectivity index (χ3n) is 20.0. The first kappa shape index (κ1) is 57.2. The topological polar surface area (TPSA) is 16.2 Å². The summed E-state index contributed by atoms with van der Waals surface area (Å²) in [5, 5.41) is 0. The van der Waals surface area contributed by atoms with Crippen LogP contribution in [-0.4, -0.2) is 13.4 Å². The first-order valence-electron chi connectivity index (χ1n) is 33.7. The number of rotatable bonds is 12. The SMILES string of the molecule is c1ccc(-c2ccccc2N(c2ccccc2)c2cc3c4c(c2)N(c2ccccc2)c2cc5c(cc2B4c2ccccc2S3)B2c3ccccc3N(c3ccccc3)c3cc(N(c4ccccc4)c4ccccc4-c4ccccc4)cc(c32)N5c2ccccc2-c2ccccc2)cc1. The van der Waals surface area contributed by atoms with Crippen LogP contribution in [0.25, 0.3) is 33.4 Å². The normalized spacial score (nSPS) is 12.8. The number of nitrogens with zero attached hydrogens (tertiary/aromatic N) is 5. The number of hydrogen-bond donors (Lipinski definition) is 0. The van der Waals surface area contributed by atoms with Gasteiger partial charge in [0, 0.05) is 89.0 Å². The minimum atomic E-state index is -0.196. The lowest BCUT2D eigenvalue weighted by atomic mass is 9.30. The van der Waals surface area contributed by atoms with E-state index in [-0.39, 0.29) is 13.4 Å². The van der Waals surface area contributed by atoms with Gasteiger partial charge in [-0.1, -0.05) is 278 Å². The van der Waals surface area contributed by atoms with Crippen molar-refractivity contribution in [2.24, 2.45) is 0 Å². The lowest BCUT2D eigenvalue weighted by Gasteiger charge is -2.47. The van der Waals surface area contributed by atoms with Crippen LogP contribution in [0.3, 0.4) is 0 Å². The zero-order valence-electron chi connectivity index (χ0n) is 53.5. The molecule has 5 nitrogen and oxygen atoms in total. The van der Waals surface area contributed by atoms with E-state index in [1.807, 2.05) is 11.8 Å². The van der Waals surface area contributed by atoms with E-state index in [0.29, 0.717) is 0 Å². The highest BCUT2D eigenvalue weighted by molar-refractivity contribution is 8.00. The Bertz CT molecular complexity index is 5530. The fourth-order valence-electron chi connectivity index (χ4n) is 15.9. The second-order valence-electron chi connectivity index (χ2n) is 25.5. The minimum absolute atomic E-state index is 0.120. The number of anilines is 15. The molecule has 0 aliphatic carbocycles. The molecule has 0 saturated carbocycles. The third kappa shape index (κ3) is 9.43. The maximum absolute atomic E-state index is 2.65. The first-order valence-corrected chi connectivity index (χ1v) is 34.5. The van der Waals surface area contributed by atoms with Gasteiger partial charge >= 0.3 is 0 Å². The van der Waals surface area contributed by atoms with Gasteiger partial charge in [-0.3, -0.25) is 0 Å². The van der Waals surface area contributed by atoms with Gasteiger partial charge in [-0.05, 0) is 153 Å². The molecule has 0 radical (unpaired) electrons. The second kappa shape index (κ2) is 23.9. The highest BCUT2D eigenvalue weighted by Crippen LogP contribution is 2.54. The van der Waals surface area contributed by atoms with E-state index >= 15 is 0 Å². The molecule has 0 unspecified atom stereocenters. The summed E-state index contributed by atoms with van der Waals surface area (Å²) >= 11 is 1.89. The van der Waals surface area contributed by atoms with Gasteiger partial charge in [-0.15, -0.1) is 0 Å². The van der Waals surface area contributed by atoms with Crippen molar-refractivity contribution in [1.82, 2.24) is 0 Å². The van der Waals surface area contributed by atoms with Gasteiger partial charge in [-0.25, -0.2) is 0 Å². The molecule has 15 aromatic rings. The zero-order chi connectivity index (χ0) is 64.6. The number of hydrogen-bond acceptors (Lipinski definition) is 6. The van der Waals surface area contributed by atoms with Crippen molar-refractivity contribution in [2.75, 3.05) is 24.5 Å². The fraction of sp³-hybridized carbons (Fsp3) is 0. The highest BCUT2D eigenvalue weighted by Gasteiger charge is 2.48. The molecule has 0 spiro atoms. The Labute approximate surface area is 577 Å². The number of para-hydroxylation sites is 8. The number of fused-ring (bicyclic) bond motifs is 8. The predicted octanol–water partition coefficient (Wildman–Crippen LogP) is 20.5. The predicted molar refractivity (Wildman–Crippen MR) is 416 cm³/mol. The summed E-state index contributed by atoms with van der Waals surface area (Å²) in [7, 11) is 0. The van der Waals surface area contributed by atoms with Crippen molar-refractivity contribution in [3.63, 3.8) is 0 Å². The van der Waals surface area contributed by atoms with Crippen LogP contribution in [0.5, 0.6) is 0 Å². The summed E-state index contributed by atoms with van der Waals surface area (Å²) in [6.45, 7) is -0.316. The fourth-order valence-corrected chi connectivity index (χ4v) is 17.1. The van der Waals surface area contributed by atoms with Crippen molar-refractivity contribution in [2.45, 2.75) is 9.79 Å². The average molecular weight is 1270 g/mol. The van der Waals surface area contributed by atoms with E-state index in [0.717, 1.165) is 119 Å². The van der Waals surface area contributed by atoms with Gasteiger partial charge in [0.05, 0.1) is 22.7 Å². The Kier molecular flexibility index (Phi) is 14.0. The Balaban J connectivity index is 0.931. The summed E-state index contributed by atoms with van der Waals surface area (Å²) in [5.41, 5.74) is 31.0. The van der Waals surface area contributed by atoms with Crippen molar-refractivity contribution < 1.29 is 0 Å². The molecule has 15 aromatic carbocycles. The van der Waals surface area contributed by atoms with Gasteiger partial charge < -0.3 is 24.5 Å². The standard InChI is InChI=1S/C90H61B2N5S/c1-8-32-62(33-9-1)71-46-22-27-51-78(71)93(65-38-14-4-15-39-65)69-56-84-89-85(57-69)97(80-53-29-24-48-73(80)64-36-12-3-13-37-64)83-61-82-76(60-77(83)91(89)74-49-25-30-54-81(74)95(84)67-42-18-6-19-43-67)92-75-50-26-31-55-87(75)98-88-59-70(58-86(90(88)92)96(82)68-44-20-7-21-45-68)94(66-40-16-5-17-41-66)79-52-28-23-47-72(79)63-34-10-2-11-35-63/h1-61H. The molecular formula is C90H61B2N5S. The highest BCUT2D eigenvalue weighted by atomic mass is 32.2. The van der Waals surface area contributed by atoms with Crippen molar-refractivity contribution in [3.05, 3.63) is 370 Å². The Morgan fingerprint density at radius 3 is 1.15 bits per heavy atom. The molecule has 4 heterocycles. The van der Waals surface area contributed by atoms with Gasteiger partial charge in [0.2, 0.25) is 6.71 Å². The van der Waals surface area contributed by atoms with Crippen LogP contribution in [0.15, 0.2) is 380 Å². The largest absolute Gasteiger partial charge is 0.311 e. The van der Waals surface area contributed by atoms with E-state index in [4.69, 9.17) is 0 Å². The molecule has 0 amide bonds. The summed E-state index contributed by atoms with van der Waals surface area (Å²) in [5.74, 6) is 0. The zero-order valence-corrected chi connectivity index (χ0v) is 54.3. The van der Waals surface area contributed by atoms with Crippen molar-refractivity contribution in [1.29, 1.82) is 0 Å². The monoisotopic (exact) mass is 1270 g/mol. The van der Waals surface area contributed by atoms with Crippen LogP contribution in [-0.2, 0) is 0 Å². The molecule has 98 heavy (non-hydrogen) atoms. The van der Waals surface area contributed by atoms with Crippen LogP contribution >= 0.6 is 11.8 Å². The molecular weight excluding hydrogens is 1200 g/mol. The van der Waals surface area contributed by atoms with Crippen LogP contribution < -0.4 is 57.3 Å². The van der Waals surface area contributed by atoms with E-state index < -0.39 is 0 Å². The summed E-state index contributed by atoms with van der Waals surface area (Å²) in [6.07, 6.45) is 0. The summed E-state index contributed by atoms with van der Waals surface area (Å²) in [6, 6.07) is 137. The molecule has 0 fully saturated rings. The van der Waals surface area contributed by atoms with E-state index in [9.17, 15) is 0 Å². The molecule has 19 rings (SSSR count). The molecule has 4 aliphatic rings. The number of benzene rings is 15. The van der Waals surface area contributed by atoms with Crippen LogP contribution in [0.4, 0.5) is 85.3 Å². The maximum Gasteiger partial charge on any atom is 0.252 e. The Morgan fingerprint density at radius 2 is 0.602 bits per heavy atom. The van der Waals surface area contributed by atoms with Crippen molar-refractivity contribution in [3.8, 4) is 33.4 Å². The summed E-state index contributed by atoms with van der Waals surface area (Å²) in [4.78, 5) is 15.2. The molecule has 0 N–H and O–H groups in total. The lowest BCUT2D eigenvalue weighted by molar-refractivity contribution is 1.21. The second-order valence-corrected chi connectivity index (χ2v) is 26.6. The molecule has 0 bridgehead atoms. The van der Waals surface area contributed by atoms with Gasteiger partial charge in [0.15, 0.2) is 0 Å². The molecule has 0 saturated heterocycles. The van der Waals surface area contributed by atoms with E-state index in [1.165, 1.54) is 42.6 Å². The van der Waals surface area contributed by atoms with E-state index in [1.54, 1.807) is 0 Å². The van der Waals surface area contributed by atoms with Gasteiger partial charge in [0.25, 0.3) is 6.71 Å². The van der Waals surface area contributed by atoms with E-state index in [2.05, 4.69) is 395 Å². The third-order valence-corrected chi connectivity index (χ3v) is 21.2. The minimum Gasteiger partial charge on any atom is -0.311 e. The van der Waals surface area contributed by atoms with Crippen LogP contribution in [0, 0.1) is 0 Å². The maximum atomic E-state index is 2.65. The molecule has 458 valence electrons. The van der Waals surface area contributed by atoms with Crippen LogP contribution in [0.1, 0.15) is 0 Å².